The number of aliphatic hydroxyl groups is 1. The highest BCUT2D eigenvalue weighted by molar-refractivity contribution is 6.07. The molecule has 35 heavy (non-hydrogen) atoms. The van der Waals surface area contributed by atoms with Crippen LogP contribution in [0.15, 0.2) is 30.0 Å². The monoisotopic (exact) mass is 485 g/mol. The van der Waals surface area contributed by atoms with Crippen molar-refractivity contribution < 1.29 is 33.8 Å². The molecule has 188 valence electrons. The highest BCUT2D eigenvalue weighted by atomic mass is 16.7. The molecule has 1 aromatic carbocycles. The zero-order valence-electron chi connectivity index (χ0n) is 20.6. The molecule has 10 heteroatoms. The number of amides is 3. The minimum Gasteiger partial charge on any atom is -0.427 e. The van der Waals surface area contributed by atoms with Crippen molar-refractivity contribution in [2.45, 2.75) is 46.3 Å². The van der Waals surface area contributed by atoms with Gasteiger partial charge < -0.3 is 24.4 Å². The van der Waals surface area contributed by atoms with Crippen molar-refractivity contribution in [3.05, 3.63) is 35.5 Å². The molecule has 3 aliphatic rings. The third-order valence-electron chi connectivity index (χ3n) is 6.66. The van der Waals surface area contributed by atoms with Crippen molar-refractivity contribution in [2.75, 3.05) is 31.8 Å². The lowest BCUT2D eigenvalue weighted by Crippen LogP contribution is -2.61. The van der Waals surface area contributed by atoms with Crippen LogP contribution in [0.4, 0.5) is 10.5 Å². The Morgan fingerprint density at radius 1 is 1.11 bits per heavy atom. The molecular formula is C25H31N3O7. The number of anilines is 1. The van der Waals surface area contributed by atoms with Crippen LogP contribution in [-0.4, -0.2) is 77.9 Å². The lowest BCUT2D eigenvalue weighted by atomic mass is 9.82. The maximum Gasteiger partial charge on any atom is 0.358 e. The van der Waals surface area contributed by atoms with E-state index in [1.807, 2.05) is 0 Å². The van der Waals surface area contributed by atoms with E-state index in [9.17, 15) is 24.3 Å². The fourth-order valence-electron chi connectivity index (χ4n) is 4.67. The second-order valence-corrected chi connectivity index (χ2v) is 10.2. The topological polar surface area (TPSA) is 117 Å². The normalized spacial score (nSPS) is 22.9. The van der Waals surface area contributed by atoms with Gasteiger partial charge in [0.25, 0.3) is 0 Å². The molecule has 3 heterocycles. The minimum atomic E-state index is -0.853. The SMILES string of the molecule is C[C@@H](O)[C@H]1C(=O)N2C(C(=O)OCOC(=O)C(C)(C)C)=C(c3ccc(N4CCN(C)C4=O)cc3)C[C@H]12. The third kappa shape index (κ3) is 4.38. The van der Waals surface area contributed by atoms with Crippen molar-refractivity contribution in [1.82, 2.24) is 9.80 Å². The summed E-state index contributed by atoms with van der Waals surface area (Å²) in [6, 6.07) is 6.77. The van der Waals surface area contributed by atoms with Crippen LogP contribution < -0.4 is 4.90 Å². The number of likely N-dealkylation sites (N-methyl/N-ethyl adjacent to an activating group) is 1. The number of esters is 2. The summed E-state index contributed by atoms with van der Waals surface area (Å²) in [6.07, 6.45) is -0.480. The Labute approximate surface area is 204 Å². The molecule has 1 aromatic rings. The first-order valence-corrected chi connectivity index (χ1v) is 11.6. The molecule has 0 aliphatic carbocycles. The number of carbonyl (C=O) groups excluding carboxylic acids is 4. The molecular weight excluding hydrogens is 454 g/mol. The lowest BCUT2D eigenvalue weighted by molar-refractivity contribution is -0.175. The first-order chi connectivity index (χ1) is 16.4. The summed E-state index contributed by atoms with van der Waals surface area (Å²) in [5.41, 5.74) is 1.39. The summed E-state index contributed by atoms with van der Waals surface area (Å²) in [7, 11) is 1.75. The summed E-state index contributed by atoms with van der Waals surface area (Å²) in [4.78, 5) is 54.8. The molecule has 2 saturated heterocycles. The second kappa shape index (κ2) is 8.99. The number of benzene rings is 1. The highest BCUT2D eigenvalue weighted by Gasteiger charge is 2.57. The van der Waals surface area contributed by atoms with E-state index >= 15 is 0 Å². The third-order valence-corrected chi connectivity index (χ3v) is 6.66. The number of urea groups is 1. The molecule has 0 unspecified atom stereocenters. The van der Waals surface area contributed by atoms with Crippen molar-refractivity contribution in [3.8, 4) is 0 Å². The van der Waals surface area contributed by atoms with Crippen molar-refractivity contribution >= 4 is 35.1 Å². The molecule has 0 radical (unpaired) electrons. The Morgan fingerprint density at radius 2 is 1.77 bits per heavy atom. The average Bonchev–Trinajstić information content (AvgIpc) is 3.30. The standard InChI is InChI=1S/C25H31N3O7/c1-14(29)19-18-12-17(15-6-8-16(9-7-15)27-11-10-26(5)24(27)33)20(28(18)21(19)30)22(31)34-13-35-23(32)25(2,3)4/h6-9,14,18-19,29H,10-13H2,1-5H3/t14-,18-,19-/m1/s1. The number of carbonyl (C=O) groups is 4. The van der Waals surface area contributed by atoms with E-state index in [4.69, 9.17) is 9.47 Å². The molecule has 2 fully saturated rings. The van der Waals surface area contributed by atoms with Crippen molar-refractivity contribution in [3.63, 3.8) is 0 Å². The van der Waals surface area contributed by atoms with E-state index in [-0.39, 0.29) is 23.7 Å². The van der Waals surface area contributed by atoms with Crippen LogP contribution in [-0.2, 0) is 23.9 Å². The largest absolute Gasteiger partial charge is 0.427 e. The van der Waals surface area contributed by atoms with Gasteiger partial charge in [-0.1, -0.05) is 12.1 Å². The fourth-order valence-corrected chi connectivity index (χ4v) is 4.67. The van der Waals surface area contributed by atoms with Gasteiger partial charge in [-0.3, -0.25) is 14.5 Å². The van der Waals surface area contributed by atoms with Gasteiger partial charge in [0.15, 0.2) is 0 Å². The summed E-state index contributed by atoms with van der Waals surface area (Å²) in [5.74, 6) is -2.25. The molecule has 1 N–H and O–H groups in total. The number of β-lactam (4-membered cyclic amide) rings is 1. The maximum atomic E-state index is 13.0. The Balaban J connectivity index is 1.58. The number of hydrogen-bond acceptors (Lipinski definition) is 7. The molecule has 3 aliphatic heterocycles. The van der Waals surface area contributed by atoms with Gasteiger partial charge in [-0.2, -0.15) is 0 Å². The summed E-state index contributed by atoms with van der Waals surface area (Å²) >= 11 is 0. The van der Waals surface area contributed by atoms with E-state index in [1.54, 1.807) is 68.8 Å². The first kappa shape index (κ1) is 24.7. The fraction of sp³-hybridized carbons (Fsp3) is 0.520. The first-order valence-electron chi connectivity index (χ1n) is 11.6. The van der Waals surface area contributed by atoms with Crippen molar-refractivity contribution in [1.29, 1.82) is 0 Å². The van der Waals surface area contributed by atoms with Gasteiger partial charge in [0, 0.05) is 25.8 Å². The van der Waals surface area contributed by atoms with Crippen LogP contribution in [0.1, 0.15) is 39.7 Å². The minimum absolute atomic E-state index is 0.0820. The van der Waals surface area contributed by atoms with Crippen LogP contribution in [0.25, 0.3) is 5.57 Å². The van der Waals surface area contributed by atoms with Crippen LogP contribution >= 0.6 is 0 Å². The highest BCUT2D eigenvalue weighted by Crippen LogP contribution is 2.47. The Morgan fingerprint density at radius 3 is 2.31 bits per heavy atom. The van der Waals surface area contributed by atoms with Crippen LogP contribution in [0.3, 0.4) is 0 Å². The Hall–Kier alpha value is -3.40. The Bertz CT molecular complexity index is 1090. The number of nitrogens with zero attached hydrogens (tertiary/aromatic N) is 3. The summed E-state index contributed by atoms with van der Waals surface area (Å²) in [6.45, 7) is 7.27. The zero-order valence-corrected chi connectivity index (χ0v) is 20.6. The van der Waals surface area contributed by atoms with Crippen molar-refractivity contribution in [2.24, 2.45) is 11.3 Å². The van der Waals surface area contributed by atoms with E-state index in [0.717, 1.165) is 5.69 Å². The predicted octanol–water partition coefficient (Wildman–Crippen LogP) is 1.97. The average molecular weight is 486 g/mol. The molecule has 0 bridgehead atoms. The van der Waals surface area contributed by atoms with Gasteiger partial charge >= 0.3 is 18.0 Å². The molecule has 0 saturated carbocycles. The van der Waals surface area contributed by atoms with E-state index in [1.165, 1.54) is 4.90 Å². The lowest BCUT2D eigenvalue weighted by Gasteiger charge is -2.44. The van der Waals surface area contributed by atoms with Gasteiger partial charge in [-0.15, -0.1) is 0 Å². The van der Waals surface area contributed by atoms with Gasteiger partial charge in [0.1, 0.15) is 5.70 Å². The molecule has 4 rings (SSSR count). The molecule has 3 atom stereocenters. The smallest absolute Gasteiger partial charge is 0.358 e. The zero-order chi connectivity index (χ0) is 25.7. The van der Waals surface area contributed by atoms with E-state index in [0.29, 0.717) is 30.6 Å². The number of rotatable bonds is 6. The molecule has 3 amide bonds. The van der Waals surface area contributed by atoms with Crippen LogP contribution in [0.2, 0.25) is 0 Å². The number of ether oxygens (including phenoxy) is 2. The van der Waals surface area contributed by atoms with Gasteiger partial charge in [0.05, 0.1) is 23.5 Å². The number of fused-ring (bicyclic) bond motifs is 1. The Kier molecular flexibility index (Phi) is 6.35. The summed E-state index contributed by atoms with van der Waals surface area (Å²) in [5, 5.41) is 10.1. The summed E-state index contributed by atoms with van der Waals surface area (Å²) < 4.78 is 10.3. The van der Waals surface area contributed by atoms with Gasteiger partial charge in [-0.05, 0) is 57.4 Å². The molecule has 0 aromatic heterocycles. The number of hydrogen-bond donors (Lipinski definition) is 1. The van der Waals surface area contributed by atoms with Crippen LogP contribution in [0.5, 0.6) is 0 Å². The van der Waals surface area contributed by atoms with Gasteiger partial charge in [-0.25, -0.2) is 9.59 Å². The van der Waals surface area contributed by atoms with E-state index in [2.05, 4.69) is 0 Å². The van der Waals surface area contributed by atoms with Crippen LogP contribution in [0, 0.1) is 11.3 Å². The molecule has 10 nitrogen and oxygen atoms in total. The second-order valence-electron chi connectivity index (χ2n) is 10.2. The predicted molar refractivity (Wildman–Crippen MR) is 126 cm³/mol. The quantitative estimate of drug-likeness (QED) is 0.372. The maximum absolute atomic E-state index is 13.0. The molecule has 0 spiro atoms. The van der Waals surface area contributed by atoms with Gasteiger partial charge in [0.2, 0.25) is 12.7 Å². The number of aliphatic hydroxyl groups excluding tert-OH is 1. The van der Waals surface area contributed by atoms with E-state index < -0.39 is 36.2 Å².